The summed E-state index contributed by atoms with van der Waals surface area (Å²) in [6.07, 6.45) is 1.89. The number of nitrogens with one attached hydrogen (secondary N) is 2. The van der Waals surface area contributed by atoms with Crippen LogP contribution >= 0.6 is 12.4 Å². The minimum atomic E-state index is -3.46. The molecule has 0 saturated carbocycles. The van der Waals surface area contributed by atoms with Crippen LogP contribution in [0.1, 0.15) is 24.0 Å². The van der Waals surface area contributed by atoms with E-state index in [4.69, 9.17) is 10.00 Å². The molecule has 0 radical (unpaired) electrons. The van der Waals surface area contributed by atoms with E-state index >= 15 is 0 Å². The quantitative estimate of drug-likeness (QED) is 0.762. The first-order valence-corrected chi connectivity index (χ1v) is 8.84. The monoisotopic (exact) mass is 359 g/mol. The van der Waals surface area contributed by atoms with Gasteiger partial charge >= 0.3 is 0 Å². The minimum absolute atomic E-state index is 0. The first kappa shape index (κ1) is 19.9. The van der Waals surface area contributed by atoms with E-state index in [1.54, 1.807) is 31.4 Å². The van der Waals surface area contributed by atoms with Gasteiger partial charge in [0.1, 0.15) is 0 Å². The standard InChI is InChI=1S/C15H21N3O3S.ClH/c1-21-12-15(6-3-7-17-15)11-18-22(19,20)10-14-5-2-4-13(8-14)9-16;/h2,4-5,8,17-18H,3,6-7,10-12H2,1H3;1H. The molecule has 1 aromatic rings. The van der Waals surface area contributed by atoms with Crippen molar-refractivity contribution in [2.75, 3.05) is 26.8 Å². The Kier molecular flexibility index (Phi) is 7.45. The molecule has 1 saturated heterocycles. The van der Waals surface area contributed by atoms with Crippen molar-refractivity contribution in [3.05, 3.63) is 35.4 Å². The second-order valence-electron chi connectivity index (χ2n) is 5.64. The molecule has 1 unspecified atom stereocenters. The number of benzene rings is 1. The lowest BCUT2D eigenvalue weighted by Crippen LogP contribution is -2.53. The Morgan fingerprint density at radius 1 is 1.48 bits per heavy atom. The van der Waals surface area contributed by atoms with Gasteiger partial charge in [0.15, 0.2) is 0 Å². The summed E-state index contributed by atoms with van der Waals surface area (Å²) in [5, 5.41) is 12.2. The van der Waals surface area contributed by atoms with Crippen molar-refractivity contribution in [1.29, 1.82) is 5.26 Å². The van der Waals surface area contributed by atoms with Gasteiger partial charge in [0, 0.05) is 13.7 Å². The predicted molar refractivity (Wildman–Crippen MR) is 90.9 cm³/mol. The highest BCUT2D eigenvalue weighted by Crippen LogP contribution is 2.19. The normalized spacial score (nSPS) is 20.7. The second-order valence-corrected chi connectivity index (χ2v) is 7.44. The number of methoxy groups -OCH3 is 1. The molecule has 0 aliphatic carbocycles. The molecule has 1 aromatic carbocycles. The van der Waals surface area contributed by atoms with Crippen molar-refractivity contribution in [2.24, 2.45) is 0 Å². The number of sulfonamides is 1. The topological polar surface area (TPSA) is 91.2 Å². The molecule has 1 aliphatic heterocycles. The molecule has 2 rings (SSSR count). The lowest BCUT2D eigenvalue weighted by Gasteiger charge is -2.28. The summed E-state index contributed by atoms with van der Waals surface area (Å²) >= 11 is 0. The van der Waals surface area contributed by atoms with Crippen LogP contribution in [-0.4, -0.2) is 40.8 Å². The summed E-state index contributed by atoms with van der Waals surface area (Å²) in [6.45, 7) is 1.65. The second kappa shape index (κ2) is 8.62. The summed E-state index contributed by atoms with van der Waals surface area (Å²) in [6, 6.07) is 8.65. The van der Waals surface area contributed by atoms with Crippen LogP contribution in [0.3, 0.4) is 0 Å². The van der Waals surface area contributed by atoms with Crippen molar-refractivity contribution in [1.82, 2.24) is 10.0 Å². The van der Waals surface area contributed by atoms with Gasteiger partial charge in [0.25, 0.3) is 0 Å². The van der Waals surface area contributed by atoms with Crippen LogP contribution in [0.25, 0.3) is 0 Å². The smallest absolute Gasteiger partial charge is 0.215 e. The van der Waals surface area contributed by atoms with Crippen molar-refractivity contribution in [2.45, 2.75) is 24.1 Å². The van der Waals surface area contributed by atoms with Gasteiger partial charge in [-0.25, -0.2) is 13.1 Å². The van der Waals surface area contributed by atoms with Crippen molar-refractivity contribution in [3.8, 4) is 6.07 Å². The van der Waals surface area contributed by atoms with E-state index in [-0.39, 0.29) is 23.7 Å². The van der Waals surface area contributed by atoms with Crippen LogP contribution in [0.5, 0.6) is 0 Å². The number of rotatable bonds is 7. The van der Waals surface area contributed by atoms with Crippen LogP contribution in [0.2, 0.25) is 0 Å². The van der Waals surface area contributed by atoms with Crippen LogP contribution < -0.4 is 10.0 Å². The average molecular weight is 360 g/mol. The minimum Gasteiger partial charge on any atom is -0.383 e. The first-order valence-electron chi connectivity index (χ1n) is 7.19. The highest BCUT2D eigenvalue weighted by Gasteiger charge is 2.34. The van der Waals surface area contributed by atoms with Crippen LogP contribution in [0, 0.1) is 11.3 Å². The lowest BCUT2D eigenvalue weighted by atomic mass is 9.99. The molecule has 23 heavy (non-hydrogen) atoms. The highest BCUT2D eigenvalue weighted by atomic mass is 35.5. The number of ether oxygens (including phenoxy) is 1. The van der Waals surface area contributed by atoms with Gasteiger partial charge in [0.2, 0.25) is 10.0 Å². The Balaban J connectivity index is 0.00000264. The third-order valence-electron chi connectivity index (χ3n) is 3.80. The van der Waals surface area contributed by atoms with Gasteiger partial charge in [-0.2, -0.15) is 5.26 Å². The Bertz CT molecular complexity index is 652. The number of nitrogens with zero attached hydrogens (tertiary/aromatic N) is 1. The van der Waals surface area contributed by atoms with E-state index in [9.17, 15) is 8.42 Å². The molecular formula is C15H22ClN3O3S. The van der Waals surface area contributed by atoms with Crippen LogP contribution in [-0.2, 0) is 20.5 Å². The number of hydrogen-bond donors (Lipinski definition) is 2. The number of halogens is 1. The zero-order valence-electron chi connectivity index (χ0n) is 13.0. The first-order chi connectivity index (χ1) is 10.5. The lowest BCUT2D eigenvalue weighted by molar-refractivity contribution is 0.122. The molecule has 1 fully saturated rings. The molecule has 128 valence electrons. The largest absolute Gasteiger partial charge is 0.383 e. The van der Waals surface area contributed by atoms with E-state index in [0.717, 1.165) is 19.4 Å². The van der Waals surface area contributed by atoms with Crippen molar-refractivity contribution >= 4 is 22.4 Å². The summed E-state index contributed by atoms with van der Waals surface area (Å²) in [4.78, 5) is 0. The third kappa shape index (κ3) is 5.75. The van der Waals surface area contributed by atoms with E-state index in [2.05, 4.69) is 10.0 Å². The van der Waals surface area contributed by atoms with Crippen molar-refractivity contribution in [3.63, 3.8) is 0 Å². The van der Waals surface area contributed by atoms with Crippen molar-refractivity contribution < 1.29 is 13.2 Å². The summed E-state index contributed by atoms with van der Waals surface area (Å²) < 4.78 is 32.3. The Morgan fingerprint density at radius 2 is 2.26 bits per heavy atom. The van der Waals surface area contributed by atoms with Gasteiger partial charge in [-0.3, -0.25) is 0 Å². The fraction of sp³-hybridized carbons (Fsp3) is 0.533. The molecule has 0 spiro atoms. The van der Waals surface area contributed by atoms with Gasteiger partial charge in [-0.15, -0.1) is 12.4 Å². The third-order valence-corrected chi connectivity index (χ3v) is 5.09. The van der Waals surface area contributed by atoms with Gasteiger partial charge < -0.3 is 10.1 Å². The molecule has 0 amide bonds. The van der Waals surface area contributed by atoms with Gasteiger partial charge in [-0.1, -0.05) is 12.1 Å². The van der Waals surface area contributed by atoms with E-state index in [1.807, 2.05) is 6.07 Å². The zero-order valence-corrected chi connectivity index (χ0v) is 14.7. The molecule has 2 N–H and O–H groups in total. The Hall–Kier alpha value is -1.17. The predicted octanol–water partition coefficient (Wildman–Crippen LogP) is 1.17. The summed E-state index contributed by atoms with van der Waals surface area (Å²) in [5.74, 6) is -0.133. The summed E-state index contributed by atoms with van der Waals surface area (Å²) in [5.41, 5.74) is 0.740. The number of nitriles is 1. The SMILES string of the molecule is COCC1(CNS(=O)(=O)Cc2cccc(C#N)c2)CCCN1.Cl. The maximum atomic E-state index is 12.2. The molecule has 0 bridgehead atoms. The number of hydrogen-bond acceptors (Lipinski definition) is 5. The molecule has 1 atom stereocenters. The fourth-order valence-corrected chi connectivity index (χ4v) is 3.94. The van der Waals surface area contributed by atoms with E-state index in [0.29, 0.717) is 24.3 Å². The van der Waals surface area contributed by atoms with E-state index in [1.165, 1.54) is 0 Å². The molecule has 0 aromatic heterocycles. The maximum absolute atomic E-state index is 12.2. The van der Waals surface area contributed by atoms with E-state index < -0.39 is 10.0 Å². The average Bonchev–Trinajstić information content (AvgIpc) is 2.95. The molecule has 1 aliphatic rings. The Labute approximate surface area is 143 Å². The summed E-state index contributed by atoms with van der Waals surface area (Å²) in [7, 11) is -1.84. The molecule has 6 nitrogen and oxygen atoms in total. The Morgan fingerprint density at radius 3 is 2.87 bits per heavy atom. The molecule has 1 heterocycles. The molecule has 8 heteroatoms. The highest BCUT2D eigenvalue weighted by molar-refractivity contribution is 7.88. The van der Waals surface area contributed by atoms with Gasteiger partial charge in [0.05, 0.1) is 29.5 Å². The molecular weight excluding hydrogens is 338 g/mol. The maximum Gasteiger partial charge on any atom is 0.215 e. The van der Waals surface area contributed by atoms with Gasteiger partial charge in [-0.05, 0) is 37.1 Å². The zero-order chi connectivity index (χ0) is 16.1. The van der Waals surface area contributed by atoms with Crippen LogP contribution in [0.15, 0.2) is 24.3 Å². The van der Waals surface area contributed by atoms with Crippen LogP contribution in [0.4, 0.5) is 0 Å². The fourth-order valence-electron chi connectivity index (χ4n) is 2.72.